The van der Waals surface area contributed by atoms with Crippen LogP contribution < -0.4 is 0 Å². The Kier molecular flexibility index (Phi) is 4.23. The number of benzene rings is 1. The van der Waals surface area contributed by atoms with Crippen LogP contribution in [-0.4, -0.2) is 52.1 Å². The Hall–Kier alpha value is -2.21. The minimum atomic E-state index is 0.0259. The smallest absolute Gasteiger partial charge is 0.276 e. The van der Waals surface area contributed by atoms with Crippen molar-refractivity contribution in [1.82, 2.24) is 19.9 Å². The molecule has 1 aliphatic carbocycles. The fourth-order valence-electron chi connectivity index (χ4n) is 5.07. The first-order valence-corrected chi connectivity index (χ1v) is 10.1. The van der Waals surface area contributed by atoms with Crippen molar-refractivity contribution >= 4 is 5.91 Å². The Labute approximate surface area is 159 Å². The Morgan fingerprint density at radius 3 is 2.63 bits per heavy atom. The normalized spacial score (nSPS) is 24.9. The van der Waals surface area contributed by atoms with Crippen molar-refractivity contribution in [3.63, 3.8) is 0 Å². The minimum absolute atomic E-state index is 0.0259. The molecule has 1 unspecified atom stereocenters. The van der Waals surface area contributed by atoms with Crippen LogP contribution in [0.1, 0.15) is 60.1 Å². The van der Waals surface area contributed by atoms with Crippen LogP contribution in [0, 0.1) is 5.41 Å². The Balaban J connectivity index is 1.34. The van der Waals surface area contributed by atoms with Crippen LogP contribution in [0.2, 0.25) is 0 Å². The van der Waals surface area contributed by atoms with Crippen LogP contribution in [0.5, 0.6) is 0 Å². The first-order valence-electron chi connectivity index (χ1n) is 10.1. The highest BCUT2D eigenvalue weighted by Gasteiger charge is 2.52. The number of carbonyl (C=O) groups is 1. The van der Waals surface area contributed by atoms with Gasteiger partial charge in [0.05, 0.1) is 12.2 Å². The highest BCUT2D eigenvalue weighted by atomic mass is 16.5. The first kappa shape index (κ1) is 16.9. The molecule has 3 aliphatic rings. The number of hydrogen-bond donors (Lipinski definition) is 0. The number of rotatable bonds is 3. The van der Waals surface area contributed by atoms with E-state index >= 15 is 0 Å². The zero-order valence-electron chi connectivity index (χ0n) is 15.6. The lowest BCUT2D eigenvalue weighted by Crippen LogP contribution is -2.37. The quantitative estimate of drug-likeness (QED) is 0.838. The van der Waals surface area contributed by atoms with E-state index in [-0.39, 0.29) is 11.3 Å². The summed E-state index contributed by atoms with van der Waals surface area (Å²) in [6.45, 7) is 3.13. The molecule has 27 heavy (non-hydrogen) atoms. The summed E-state index contributed by atoms with van der Waals surface area (Å²) < 4.78 is 7.28. The van der Waals surface area contributed by atoms with E-state index in [1.54, 1.807) is 0 Å². The molecule has 2 aromatic rings. The van der Waals surface area contributed by atoms with Crippen molar-refractivity contribution in [1.29, 1.82) is 0 Å². The molecule has 6 nitrogen and oxygen atoms in total. The lowest BCUT2D eigenvalue weighted by molar-refractivity contribution is 0.0657. The molecule has 1 amide bonds. The maximum atomic E-state index is 13.1. The number of nitrogens with zero attached hydrogens (tertiary/aromatic N) is 4. The third kappa shape index (κ3) is 2.96. The van der Waals surface area contributed by atoms with Gasteiger partial charge in [-0.25, -0.2) is 4.68 Å². The lowest BCUT2D eigenvalue weighted by atomic mass is 9.61. The second-order valence-electron chi connectivity index (χ2n) is 8.29. The van der Waals surface area contributed by atoms with E-state index in [1.807, 2.05) is 15.8 Å². The third-order valence-corrected chi connectivity index (χ3v) is 6.78. The molecule has 0 radical (unpaired) electrons. The van der Waals surface area contributed by atoms with E-state index in [2.05, 4.69) is 40.6 Å². The monoisotopic (exact) mass is 366 g/mol. The predicted molar refractivity (Wildman–Crippen MR) is 100 cm³/mol. The molecule has 1 aromatic heterocycles. The molecule has 3 heterocycles. The molecule has 142 valence electrons. The average molecular weight is 366 g/mol. The molecule has 5 rings (SSSR count). The van der Waals surface area contributed by atoms with Gasteiger partial charge in [0, 0.05) is 32.2 Å². The van der Waals surface area contributed by atoms with Gasteiger partial charge in [-0.3, -0.25) is 4.79 Å². The van der Waals surface area contributed by atoms with E-state index in [0.717, 1.165) is 39.1 Å². The SMILES string of the molecule is O=C(c1cn(C2CCOCC2)nn1)N1CC(c2ccccc2)C2(CCC2)C1. The number of aromatic nitrogens is 3. The van der Waals surface area contributed by atoms with Crippen molar-refractivity contribution in [2.24, 2.45) is 5.41 Å². The molecule has 3 fully saturated rings. The molecule has 0 N–H and O–H groups in total. The summed E-state index contributed by atoms with van der Waals surface area (Å²) >= 11 is 0. The summed E-state index contributed by atoms with van der Waals surface area (Å²) in [7, 11) is 0. The molecule has 1 saturated carbocycles. The minimum Gasteiger partial charge on any atom is -0.381 e. The van der Waals surface area contributed by atoms with Gasteiger partial charge in [0.2, 0.25) is 0 Å². The molecular formula is C21H26N4O2. The number of hydrogen-bond acceptors (Lipinski definition) is 4. The number of ether oxygens (including phenoxy) is 1. The lowest BCUT2D eigenvalue weighted by Gasteiger charge is -2.43. The Bertz CT molecular complexity index is 809. The van der Waals surface area contributed by atoms with Gasteiger partial charge in [0.1, 0.15) is 0 Å². The van der Waals surface area contributed by atoms with Crippen LogP contribution >= 0.6 is 0 Å². The summed E-state index contributed by atoms with van der Waals surface area (Å²) in [5.41, 5.74) is 2.09. The summed E-state index contributed by atoms with van der Waals surface area (Å²) in [5, 5.41) is 8.45. The second kappa shape index (κ2) is 6.75. The van der Waals surface area contributed by atoms with Gasteiger partial charge in [-0.1, -0.05) is 42.0 Å². The van der Waals surface area contributed by atoms with Gasteiger partial charge in [-0.05, 0) is 36.7 Å². The zero-order chi connectivity index (χ0) is 18.3. The van der Waals surface area contributed by atoms with E-state index < -0.39 is 0 Å². The summed E-state index contributed by atoms with van der Waals surface area (Å²) in [6, 6.07) is 11.0. The molecule has 0 bridgehead atoms. The zero-order valence-corrected chi connectivity index (χ0v) is 15.6. The van der Waals surface area contributed by atoms with E-state index in [4.69, 9.17) is 4.74 Å². The van der Waals surface area contributed by atoms with Gasteiger partial charge in [0.15, 0.2) is 5.69 Å². The molecule has 1 spiro atoms. The van der Waals surface area contributed by atoms with Gasteiger partial charge < -0.3 is 9.64 Å². The highest BCUT2D eigenvalue weighted by Crippen LogP contribution is 2.55. The Morgan fingerprint density at radius 2 is 1.93 bits per heavy atom. The summed E-state index contributed by atoms with van der Waals surface area (Å²) in [6.07, 6.45) is 7.39. The summed E-state index contributed by atoms with van der Waals surface area (Å²) in [4.78, 5) is 15.1. The maximum absolute atomic E-state index is 13.1. The van der Waals surface area contributed by atoms with Crippen LogP contribution in [-0.2, 0) is 4.74 Å². The van der Waals surface area contributed by atoms with Crippen molar-refractivity contribution in [2.45, 2.75) is 44.1 Å². The standard InChI is InChI=1S/C21H26N4O2/c26-20(19-14-25(23-22-19)17-7-11-27-12-8-17)24-13-18(16-5-2-1-3-6-16)21(15-24)9-4-10-21/h1-3,5-6,14,17-18H,4,7-13,15H2. The first-order chi connectivity index (χ1) is 13.3. The highest BCUT2D eigenvalue weighted by molar-refractivity contribution is 5.92. The molecule has 1 atom stereocenters. The molecule has 2 saturated heterocycles. The predicted octanol–water partition coefficient (Wildman–Crippen LogP) is 3.04. The van der Waals surface area contributed by atoms with Crippen molar-refractivity contribution in [2.75, 3.05) is 26.3 Å². The number of carbonyl (C=O) groups excluding carboxylic acids is 1. The van der Waals surface area contributed by atoms with Crippen molar-refractivity contribution in [3.8, 4) is 0 Å². The number of amides is 1. The molecule has 2 aliphatic heterocycles. The van der Waals surface area contributed by atoms with Gasteiger partial charge >= 0.3 is 0 Å². The molecular weight excluding hydrogens is 340 g/mol. The van der Waals surface area contributed by atoms with Gasteiger partial charge in [0.25, 0.3) is 5.91 Å². The average Bonchev–Trinajstić information content (AvgIpc) is 3.34. The van der Waals surface area contributed by atoms with Crippen LogP contribution in [0.4, 0.5) is 0 Å². The van der Waals surface area contributed by atoms with E-state index in [9.17, 15) is 4.79 Å². The fraction of sp³-hybridized carbons (Fsp3) is 0.571. The van der Waals surface area contributed by atoms with Gasteiger partial charge in [-0.15, -0.1) is 5.10 Å². The molecule has 1 aromatic carbocycles. The summed E-state index contributed by atoms with van der Waals surface area (Å²) in [5.74, 6) is 0.458. The fourth-order valence-corrected chi connectivity index (χ4v) is 5.07. The number of likely N-dealkylation sites (tertiary alicyclic amines) is 1. The Morgan fingerprint density at radius 1 is 1.15 bits per heavy atom. The van der Waals surface area contributed by atoms with E-state index in [1.165, 1.54) is 24.8 Å². The largest absolute Gasteiger partial charge is 0.381 e. The van der Waals surface area contributed by atoms with Crippen molar-refractivity contribution in [3.05, 3.63) is 47.8 Å². The van der Waals surface area contributed by atoms with Gasteiger partial charge in [-0.2, -0.15) is 0 Å². The topological polar surface area (TPSA) is 60.3 Å². The van der Waals surface area contributed by atoms with Crippen molar-refractivity contribution < 1.29 is 9.53 Å². The second-order valence-corrected chi connectivity index (χ2v) is 8.29. The van der Waals surface area contributed by atoms with E-state index in [0.29, 0.717) is 17.7 Å². The van der Waals surface area contributed by atoms with Crippen LogP contribution in [0.3, 0.4) is 0 Å². The third-order valence-electron chi connectivity index (χ3n) is 6.78. The van der Waals surface area contributed by atoms with Crippen LogP contribution in [0.25, 0.3) is 0 Å². The molecule has 6 heteroatoms. The van der Waals surface area contributed by atoms with Crippen LogP contribution in [0.15, 0.2) is 36.5 Å². The maximum Gasteiger partial charge on any atom is 0.276 e.